The Hall–Kier alpha value is -3.33. The first-order chi connectivity index (χ1) is 15.7. The molecule has 0 saturated carbocycles. The van der Waals surface area contributed by atoms with E-state index in [4.69, 9.17) is 9.78 Å². The summed E-state index contributed by atoms with van der Waals surface area (Å²) in [5.74, 6) is 0.122. The van der Waals surface area contributed by atoms with Crippen molar-refractivity contribution in [2.75, 3.05) is 32.8 Å². The molecule has 2 amide bonds. The summed E-state index contributed by atoms with van der Waals surface area (Å²) in [6, 6.07) is 8.73. The molecule has 0 spiro atoms. The van der Waals surface area contributed by atoms with Gasteiger partial charge in [-0.1, -0.05) is 18.2 Å². The molecule has 9 heteroatoms. The molecule has 0 atom stereocenters. The largest absolute Gasteiger partial charge is 0.417 e. The number of alkyl halides is 3. The van der Waals surface area contributed by atoms with Crippen LogP contribution in [-0.4, -0.2) is 54.4 Å². The molecule has 33 heavy (non-hydrogen) atoms. The Morgan fingerprint density at radius 1 is 1.03 bits per heavy atom. The minimum atomic E-state index is -4.57. The fraction of sp³-hybridized carbons (Fsp3) is 0.333. The lowest BCUT2D eigenvalue weighted by molar-refractivity contribution is -0.215. The summed E-state index contributed by atoms with van der Waals surface area (Å²) in [6.45, 7) is 3.42. The molecule has 2 aromatic carbocycles. The van der Waals surface area contributed by atoms with Gasteiger partial charge in [0, 0.05) is 56.7 Å². The predicted octanol–water partition coefficient (Wildman–Crippen LogP) is 3.94. The maximum Gasteiger partial charge on any atom is 0.417 e. The van der Waals surface area contributed by atoms with Crippen LogP contribution in [0.5, 0.6) is 5.75 Å². The second kappa shape index (κ2) is 9.27. The van der Waals surface area contributed by atoms with Crippen LogP contribution < -0.4 is 4.89 Å². The van der Waals surface area contributed by atoms with Gasteiger partial charge in [-0.15, -0.1) is 0 Å². The van der Waals surface area contributed by atoms with Crippen molar-refractivity contribution in [2.45, 2.75) is 19.5 Å². The summed E-state index contributed by atoms with van der Waals surface area (Å²) >= 11 is 0. The summed E-state index contributed by atoms with van der Waals surface area (Å²) in [5.41, 5.74) is 0.651. The van der Waals surface area contributed by atoms with E-state index < -0.39 is 11.7 Å². The molecule has 0 radical (unpaired) electrons. The van der Waals surface area contributed by atoms with Crippen molar-refractivity contribution in [1.82, 2.24) is 9.80 Å². The van der Waals surface area contributed by atoms with Gasteiger partial charge in [-0.2, -0.15) is 18.1 Å². The topological polar surface area (TPSA) is 59.1 Å². The number of carbonyl (C=O) groups is 2. The van der Waals surface area contributed by atoms with E-state index in [0.717, 1.165) is 11.6 Å². The second-order valence-corrected chi connectivity index (χ2v) is 7.91. The number of hydrogen-bond acceptors (Lipinski definition) is 4. The zero-order valence-corrected chi connectivity index (χ0v) is 18.0. The van der Waals surface area contributed by atoms with E-state index in [-0.39, 0.29) is 22.9 Å². The van der Waals surface area contributed by atoms with Crippen LogP contribution in [0.1, 0.15) is 23.6 Å². The Balaban J connectivity index is 1.65. The molecular formula is C24H23F3N2O4. The normalized spacial score (nSPS) is 16.5. The van der Waals surface area contributed by atoms with Crippen LogP contribution in [0.15, 0.2) is 42.5 Å². The smallest absolute Gasteiger partial charge is 0.339 e. The number of fused-ring (bicyclic) bond motifs is 1. The maximum absolute atomic E-state index is 13.9. The Morgan fingerprint density at radius 2 is 1.76 bits per heavy atom. The van der Waals surface area contributed by atoms with Gasteiger partial charge in [0.1, 0.15) is 0 Å². The first-order valence-corrected chi connectivity index (χ1v) is 10.6. The van der Waals surface area contributed by atoms with Gasteiger partial charge in [0.05, 0.1) is 12.2 Å². The SMILES string of the molecule is CC(=O)N1CCN(C(=O)C=Cc2cccc(C(F)(F)F)c2-c2ccc3c(c2)CCOO3)CC1. The second-order valence-electron chi connectivity index (χ2n) is 7.91. The summed E-state index contributed by atoms with van der Waals surface area (Å²) in [4.78, 5) is 37.4. The summed E-state index contributed by atoms with van der Waals surface area (Å²) < 4.78 is 41.6. The molecule has 2 aliphatic rings. The van der Waals surface area contributed by atoms with Crippen LogP contribution in [0.2, 0.25) is 0 Å². The van der Waals surface area contributed by atoms with Crippen LogP contribution in [-0.2, 0) is 27.1 Å². The molecular weight excluding hydrogens is 437 g/mol. The lowest BCUT2D eigenvalue weighted by Crippen LogP contribution is -2.49. The Labute approximate surface area is 189 Å². The number of nitrogens with zero attached hydrogens (tertiary/aromatic N) is 2. The van der Waals surface area contributed by atoms with Crippen molar-refractivity contribution >= 4 is 17.9 Å². The summed E-state index contributed by atoms with van der Waals surface area (Å²) in [7, 11) is 0. The Bertz CT molecular complexity index is 1090. The zero-order valence-electron chi connectivity index (χ0n) is 18.0. The fourth-order valence-electron chi connectivity index (χ4n) is 4.04. The van der Waals surface area contributed by atoms with Crippen molar-refractivity contribution < 1.29 is 32.5 Å². The van der Waals surface area contributed by atoms with Crippen LogP contribution in [0.3, 0.4) is 0 Å². The van der Waals surface area contributed by atoms with Crippen molar-refractivity contribution in [3.63, 3.8) is 0 Å². The van der Waals surface area contributed by atoms with Crippen molar-refractivity contribution in [3.8, 4) is 16.9 Å². The molecule has 1 saturated heterocycles. The molecule has 2 aliphatic heterocycles. The first-order valence-electron chi connectivity index (χ1n) is 10.6. The van der Waals surface area contributed by atoms with E-state index >= 15 is 0 Å². The number of piperazine rings is 1. The summed E-state index contributed by atoms with van der Waals surface area (Å²) in [6.07, 6.45) is -1.34. The average Bonchev–Trinajstić information content (AvgIpc) is 2.81. The van der Waals surface area contributed by atoms with E-state index in [1.54, 1.807) is 34.1 Å². The summed E-state index contributed by atoms with van der Waals surface area (Å²) in [5, 5.41) is 0. The standard InChI is InChI=1S/C24H23F3N2O4/c1-16(30)28-10-12-29(13-11-28)22(31)8-6-17-3-2-4-20(24(25,26)27)23(17)19-5-7-21-18(15-19)9-14-32-33-21/h2-8,15H,9-14H2,1H3. The number of rotatable bonds is 3. The van der Waals surface area contributed by atoms with Crippen LogP contribution >= 0.6 is 0 Å². The van der Waals surface area contributed by atoms with Gasteiger partial charge in [0.25, 0.3) is 0 Å². The Morgan fingerprint density at radius 3 is 2.45 bits per heavy atom. The van der Waals surface area contributed by atoms with E-state index in [2.05, 4.69) is 0 Å². The number of halogens is 3. The van der Waals surface area contributed by atoms with E-state index in [1.165, 1.54) is 25.1 Å². The van der Waals surface area contributed by atoms with Crippen molar-refractivity contribution in [2.24, 2.45) is 0 Å². The van der Waals surface area contributed by atoms with Crippen molar-refractivity contribution in [1.29, 1.82) is 0 Å². The molecule has 0 unspecified atom stereocenters. The quantitative estimate of drug-likeness (QED) is 0.514. The van der Waals surface area contributed by atoms with Crippen LogP contribution in [0.25, 0.3) is 17.2 Å². The average molecular weight is 460 g/mol. The third-order valence-electron chi connectivity index (χ3n) is 5.80. The number of carbonyl (C=O) groups excluding carboxylic acids is 2. The van der Waals surface area contributed by atoms with Crippen LogP contribution in [0, 0.1) is 0 Å². The third-order valence-corrected chi connectivity index (χ3v) is 5.80. The molecule has 0 N–H and O–H groups in total. The van der Waals surface area contributed by atoms with Gasteiger partial charge in [0.2, 0.25) is 11.8 Å². The molecule has 4 rings (SSSR count). The van der Waals surface area contributed by atoms with E-state index in [0.29, 0.717) is 50.5 Å². The molecule has 2 heterocycles. The highest BCUT2D eigenvalue weighted by molar-refractivity contribution is 5.93. The molecule has 2 aromatic rings. The van der Waals surface area contributed by atoms with E-state index in [9.17, 15) is 22.8 Å². The van der Waals surface area contributed by atoms with Gasteiger partial charge in [0.15, 0.2) is 5.75 Å². The lowest BCUT2D eigenvalue weighted by atomic mass is 9.92. The number of amides is 2. The molecule has 0 bridgehead atoms. The first kappa shape index (κ1) is 22.8. The van der Waals surface area contributed by atoms with Gasteiger partial charge in [-0.25, -0.2) is 0 Å². The monoisotopic (exact) mass is 460 g/mol. The lowest BCUT2D eigenvalue weighted by Gasteiger charge is -2.33. The number of hydrogen-bond donors (Lipinski definition) is 0. The molecule has 6 nitrogen and oxygen atoms in total. The van der Waals surface area contributed by atoms with Gasteiger partial charge < -0.3 is 14.7 Å². The highest BCUT2D eigenvalue weighted by atomic mass is 19.4. The highest BCUT2D eigenvalue weighted by Crippen LogP contribution is 2.41. The Kier molecular flexibility index (Phi) is 6.42. The van der Waals surface area contributed by atoms with E-state index in [1.807, 2.05) is 0 Å². The third kappa shape index (κ3) is 5.03. The predicted molar refractivity (Wildman–Crippen MR) is 115 cm³/mol. The van der Waals surface area contributed by atoms with Crippen LogP contribution in [0.4, 0.5) is 13.2 Å². The van der Waals surface area contributed by atoms with Crippen molar-refractivity contribution in [3.05, 3.63) is 59.2 Å². The van der Waals surface area contributed by atoms with Gasteiger partial charge in [-0.3, -0.25) is 9.59 Å². The maximum atomic E-state index is 13.9. The fourth-order valence-corrected chi connectivity index (χ4v) is 4.04. The minimum absolute atomic E-state index is 0.00439. The number of benzene rings is 2. The minimum Gasteiger partial charge on any atom is -0.339 e. The molecule has 174 valence electrons. The molecule has 0 aromatic heterocycles. The zero-order chi connectivity index (χ0) is 23.6. The highest BCUT2D eigenvalue weighted by Gasteiger charge is 2.34. The van der Waals surface area contributed by atoms with Gasteiger partial charge in [-0.05, 0) is 35.4 Å². The van der Waals surface area contributed by atoms with Gasteiger partial charge >= 0.3 is 6.18 Å². The molecule has 0 aliphatic carbocycles. The molecule has 1 fully saturated rings.